The summed E-state index contributed by atoms with van der Waals surface area (Å²) in [5, 5.41) is 21.4. The first-order valence-corrected chi connectivity index (χ1v) is 5.28. The van der Waals surface area contributed by atoms with Crippen molar-refractivity contribution in [2.24, 2.45) is 0 Å². The molecule has 0 bridgehead atoms. The molecule has 0 saturated carbocycles. The standard InChI is InChI=1S/C10H4BrF2NO4/c11-3-1-4(12)8(13)7(9(3)15)6-2-5(10(16)17)14-18-6/h1-2,15H,(H,16,17). The van der Waals surface area contributed by atoms with Crippen molar-refractivity contribution in [3.63, 3.8) is 0 Å². The first kappa shape index (κ1) is 12.5. The first-order valence-electron chi connectivity index (χ1n) is 4.48. The SMILES string of the molecule is O=C(O)c1cc(-c2c(O)c(Br)cc(F)c2F)on1. The molecule has 0 atom stereocenters. The third kappa shape index (κ3) is 1.94. The number of hydrogen-bond donors (Lipinski definition) is 2. The summed E-state index contributed by atoms with van der Waals surface area (Å²) in [6.45, 7) is 0. The Balaban J connectivity index is 2.66. The minimum atomic E-state index is -1.39. The van der Waals surface area contributed by atoms with Gasteiger partial charge in [0.15, 0.2) is 23.1 Å². The second kappa shape index (κ2) is 4.37. The van der Waals surface area contributed by atoms with E-state index in [-0.39, 0.29) is 10.2 Å². The third-order valence-corrected chi connectivity index (χ3v) is 2.73. The minimum absolute atomic E-state index is 0.0929. The fourth-order valence-electron chi connectivity index (χ4n) is 1.30. The maximum Gasteiger partial charge on any atom is 0.358 e. The highest BCUT2D eigenvalue weighted by Gasteiger charge is 2.23. The molecule has 0 fully saturated rings. The van der Waals surface area contributed by atoms with E-state index in [4.69, 9.17) is 5.11 Å². The topological polar surface area (TPSA) is 83.6 Å². The first-order chi connectivity index (χ1) is 8.41. The molecular weight excluding hydrogens is 316 g/mol. The summed E-state index contributed by atoms with van der Waals surface area (Å²) in [7, 11) is 0. The van der Waals surface area contributed by atoms with E-state index in [9.17, 15) is 18.7 Å². The minimum Gasteiger partial charge on any atom is -0.506 e. The van der Waals surface area contributed by atoms with E-state index in [2.05, 4.69) is 25.6 Å². The summed E-state index contributed by atoms with van der Waals surface area (Å²) in [6.07, 6.45) is 0. The number of carboxylic acids is 1. The van der Waals surface area contributed by atoms with E-state index in [0.717, 1.165) is 12.1 Å². The maximum atomic E-state index is 13.5. The van der Waals surface area contributed by atoms with Crippen molar-refractivity contribution >= 4 is 21.9 Å². The van der Waals surface area contributed by atoms with Crippen molar-refractivity contribution in [3.05, 3.63) is 33.9 Å². The number of carboxylic acid groups (broad SMARTS) is 1. The number of hydrogen-bond acceptors (Lipinski definition) is 4. The molecular formula is C10H4BrF2NO4. The Morgan fingerprint density at radius 3 is 2.61 bits per heavy atom. The summed E-state index contributed by atoms with van der Waals surface area (Å²) in [5.74, 6) is -4.96. The van der Waals surface area contributed by atoms with E-state index in [1.165, 1.54) is 0 Å². The predicted octanol–water partition coefficient (Wildman–Crippen LogP) is 2.79. The molecule has 1 aromatic heterocycles. The monoisotopic (exact) mass is 319 g/mol. The summed E-state index contributed by atoms with van der Waals surface area (Å²) < 4.78 is 31.2. The fourth-order valence-corrected chi connectivity index (χ4v) is 1.70. The lowest BCUT2D eigenvalue weighted by Gasteiger charge is -2.05. The van der Waals surface area contributed by atoms with E-state index in [1.54, 1.807) is 0 Å². The zero-order valence-electron chi connectivity index (χ0n) is 8.45. The number of halogens is 3. The van der Waals surface area contributed by atoms with Crippen molar-refractivity contribution < 1.29 is 28.3 Å². The normalized spacial score (nSPS) is 10.6. The smallest absolute Gasteiger partial charge is 0.358 e. The second-order valence-corrected chi connectivity index (χ2v) is 4.11. The van der Waals surface area contributed by atoms with Crippen LogP contribution in [0.2, 0.25) is 0 Å². The number of aromatic nitrogens is 1. The van der Waals surface area contributed by atoms with Gasteiger partial charge in [0.2, 0.25) is 0 Å². The number of aromatic hydroxyl groups is 1. The van der Waals surface area contributed by atoms with Gasteiger partial charge >= 0.3 is 5.97 Å². The molecule has 1 heterocycles. The van der Waals surface area contributed by atoms with Gasteiger partial charge in [-0.3, -0.25) is 0 Å². The lowest BCUT2D eigenvalue weighted by atomic mass is 10.1. The van der Waals surface area contributed by atoms with Crippen LogP contribution in [0.1, 0.15) is 10.5 Å². The molecule has 0 aliphatic carbocycles. The van der Waals surface area contributed by atoms with Crippen molar-refractivity contribution in [1.82, 2.24) is 5.16 Å². The lowest BCUT2D eigenvalue weighted by molar-refractivity contribution is 0.0686. The molecule has 0 radical (unpaired) electrons. The highest BCUT2D eigenvalue weighted by atomic mass is 79.9. The van der Waals surface area contributed by atoms with Gasteiger partial charge in [-0.25, -0.2) is 13.6 Å². The van der Waals surface area contributed by atoms with Crippen LogP contribution in [0.25, 0.3) is 11.3 Å². The van der Waals surface area contributed by atoms with Gasteiger partial charge in [-0.05, 0) is 22.0 Å². The number of phenolic OH excluding ortho intramolecular Hbond substituents is 1. The van der Waals surface area contributed by atoms with Gasteiger partial charge in [0.05, 0.1) is 4.47 Å². The number of carbonyl (C=O) groups is 1. The molecule has 8 heteroatoms. The van der Waals surface area contributed by atoms with Gasteiger partial charge in [-0.15, -0.1) is 0 Å². The van der Waals surface area contributed by atoms with Crippen LogP contribution in [0, 0.1) is 11.6 Å². The predicted molar refractivity (Wildman–Crippen MR) is 58.2 cm³/mol. The van der Waals surface area contributed by atoms with Crippen LogP contribution in [-0.2, 0) is 0 Å². The molecule has 2 N–H and O–H groups in total. The molecule has 1 aromatic carbocycles. The lowest BCUT2D eigenvalue weighted by Crippen LogP contribution is -1.94. The molecule has 5 nitrogen and oxygen atoms in total. The van der Waals surface area contributed by atoms with Gasteiger partial charge in [0.1, 0.15) is 11.3 Å². The van der Waals surface area contributed by atoms with E-state index in [0.29, 0.717) is 0 Å². The fraction of sp³-hybridized carbons (Fsp3) is 0. The molecule has 2 rings (SSSR count). The highest BCUT2D eigenvalue weighted by Crippen LogP contribution is 2.39. The Hall–Kier alpha value is -1.96. The Morgan fingerprint density at radius 1 is 1.39 bits per heavy atom. The van der Waals surface area contributed by atoms with Crippen LogP contribution in [0.5, 0.6) is 5.75 Å². The molecule has 0 aliphatic heterocycles. The van der Waals surface area contributed by atoms with Crippen LogP contribution in [0.4, 0.5) is 8.78 Å². The third-order valence-electron chi connectivity index (χ3n) is 2.12. The zero-order valence-corrected chi connectivity index (χ0v) is 10.0. The van der Waals surface area contributed by atoms with Crippen LogP contribution in [-0.4, -0.2) is 21.3 Å². The molecule has 94 valence electrons. The van der Waals surface area contributed by atoms with Crippen LogP contribution >= 0.6 is 15.9 Å². The van der Waals surface area contributed by atoms with Crippen molar-refractivity contribution in [2.75, 3.05) is 0 Å². The second-order valence-electron chi connectivity index (χ2n) is 3.26. The molecule has 0 aliphatic rings. The quantitative estimate of drug-likeness (QED) is 0.831. The van der Waals surface area contributed by atoms with Crippen LogP contribution in [0.3, 0.4) is 0 Å². The molecule has 0 amide bonds. The molecule has 0 unspecified atom stereocenters. The van der Waals surface area contributed by atoms with Crippen molar-refractivity contribution in [3.8, 4) is 17.1 Å². The average Bonchev–Trinajstić information content (AvgIpc) is 2.76. The molecule has 2 aromatic rings. The van der Waals surface area contributed by atoms with E-state index in [1.807, 2.05) is 0 Å². The van der Waals surface area contributed by atoms with Crippen LogP contribution in [0.15, 0.2) is 21.1 Å². The van der Waals surface area contributed by atoms with Gasteiger partial charge < -0.3 is 14.7 Å². The number of nitrogens with zero attached hydrogens (tertiary/aromatic N) is 1. The van der Waals surface area contributed by atoms with Crippen molar-refractivity contribution in [1.29, 1.82) is 0 Å². The summed E-state index contributed by atoms with van der Waals surface area (Å²) >= 11 is 2.83. The molecule has 0 spiro atoms. The summed E-state index contributed by atoms with van der Waals surface area (Å²) in [6, 6.07) is 1.62. The number of benzene rings is 1. The zero-order chi connectivity index (χ0) is 13.4. The summed E-state index contributed by atoms with van der Waals surface area (Å²) in [5.41, 5.74) is -1.08. The molecule has 0 saturated heterocycles. The van der Waals surface area contributed by atoms with Gasteiger partial charge in [0.25, 0.3) is 0 Å². The Labute approximate surface area is 107 Å². The Morgan fingerprint density at radius 2 is 2.06 bits per heavy atom. The van der Waals surface area contributed by atoms with E-state index >= 15 is 0 Å². The van der Waals surface area contributed by atoms with Gasteiger partial charge in [-0.1, -0.05) is 5.16 Å². The molecule has 18 heavy (non-hydrogen) atoms. The van der Waals surface area contributed by atoms with Crippen LogP contribution < -0.4 is 0 Å². The van der Waals surface area contributed by atoms with Crippen molar-refractivity contribution in [2.45, 2.75) is 0 Å². The average molecular weight is 320 g/mol. The Bertz CT molecular complexity index is 615. The van der Waals surface area contributed by atoms with Gasteiger partial charge in [0, 0.05) is 6.07 Å². The maximum absolute atomic E-state index is 13.5. The number of phenols is 1. The summed E-state index contributed by atoms with van der Waals surface area (Å²) in [4.78, 5) is 10.6. The highest BCUT2D eigenvalue weighted by molar-refractivity contribution is 9.10. The Kier molecular flexibility index (Phi) is 3.04. The largest absolute Gasteiger partial charge is 0.506 e. The number of aromatic carboxylic acids is 1. The number of rotatable bonds is 2. The van der Waals surface area contributed by atoms with Gasteiger partial charge in [-0.2, -0.15) is 0 Å². The van der Waals surface area contributed by atoms with E-state index < -0.39 is 34.6 Å².